The minimum absolute atomic E-state index is 0.0710. The molecule has 0 aliphatic rings. The summed E-state index contributed by atoms with van der Waals surface area (Å²) in [5.74, 6) is -0.859. The van der Waals surface area contributed by atoms with Crippen molar-refractivity contribution in [2.24, 2.45) is 0 Å². The van der Waals surface area contributed by atoms with Gasteiger partial charge in [-0.05, 0) is 83.5 Å². The van der Waals surface area contributed by atoms with E-state index in [1.807, 2.05) is 0 Å². The van der Waals surface area contributed by atoms with Gasteiger partial charge in [-0.2, -0.15) is 0 Å². The predicted octanol–water partition coefficient (Wildman–Crippen LogP) is 24.1. The standard InChI is InChI=1S/C73H134O6/c1-4-7-10-13-16-19-21-23-25-27-28-29-30-31-32-33-34-35-36-37-38-39-40-41-42-43-44-46-47-49-51-54-57-60-63-66-72(75)78-69-70(68-77-71(74)65-62-59-56-53-18-15-12-9-6-3)79-73(76)67-64-61-58-55-52-50-48-45-26-24-22-20-17-14-11-8-5-2/h17,20-21,23-24,26-28,70H,4-16,18-19,22,25,29-69H2,1-3H3/b20-17-,23-21-,26-24-,28-27-. The fourth-order valence-electron chi connectivity index (χ4n) is 10.5. The summed E-state index contributed by atoms with van der Waals surface area (Å²) in [5.41, 5.74) is 0. The molecule has 0 aromatic rings. The molecule has 0 aromatic carbocycles. The number of ether oxygens (including phenoxy) is 3. The van der Waals surface area contributed by atoms with Crippen molar-refractivity contribution in [1.82, 2.24) is 0 Å². The molecule has 6 heteroatoms. The highest BCUT2D eigenvalue weighted by atomic mass is 16.6. The Bertz CT molecular complexity index is 1360. The van der Waals surface area contributed by atoms with E-state index in [-0.39, 0.29) is 31.1 Å². The van der Waals surface area contributed by atoms with Gasteiger partial charge in [-0.25, -0.2) is 0 Å². The van der Waals surface area contributed by atoms with Crippen molar-refractivity contribution >= 4 is 17.9 Å². The van der Waals surface area contributed by atoms with Crippen LogP contribution in [0, 0.1) is 0 Å². The number of hydrogen-bond donors (Lipinski definition) is 0. The quantitative estimate of drug-likeness (QED) is 0.0261. The summed E-state index contributed by atoms with van der Waals surface area (Å²) in [6.45, 7) is 6.63. The van der Waals surface area contributed by atoms with Crippen LogP contribution in [0.3, 0.4) is 0 Å². The molecule has 0 N–H and O–H groups in total. The van der Waals surface area contributed by atoms with E-state index < -0.39 is 6.10 Å². The molecule has 0 radical (unpaired) electrons. The maximum atomic E-state index is 12.9. The second kappa shape index (κ2) is 67.9. The largest absolute Gasteiger partial charge is 0.462 e. The van der Waals surface area contributed by atoms with Gasteiger partial charge in [0.2, 0.25) is 0 Å². The Morgan fingerprint density at radius 3 is 0.722 bits per heavy atom. The van der Waals surface area contributed by atoms with Crippen molar-refractivity contribution in [1.29, 1.82) is 0 Å². The first kappa shape index (κ1) is 76.4. The van der Waals surface area contributed by atoms with Crippen LogP contribution in [0.5, 0.6) is 0 Å². The number of allylic oxidation sites excluding steroid dienone is 8. The van der Waals surface area contributed by atoms with Crippen molar-refractivity contribution < 1.29 is 28.6 Å². The summed E-state index contributed by atoms with van der Waals surface area (Å²) in [6, 6.07) is 0. The maximum absolute atomic E-state index is 12.9. The molecule has 0 aliphatic heterocycles. The van der Waals surface area contributed by atoms with Gasteiger partial charge in [-0.3, -0.25) is 14.4 Å². The fraction of sp³-hybridized carbons (Fsp3) is 0.849. The molecule has 0 spiro atoms. The first-order chi connectivity index (χ1) is 39.0. The predicted molar refractivity (Wildman–Crippen MR) is 344 cm³/mol. The average molecular weight is 1110 g/mol. The van der Waals surface area contributed by atoms with Crippen LogP contribution in [0.4, 0.5) is 0 Å². The van der Waals surface area contributed by atoms with Gasteiger partial charge in [-0.15, -0.1) is 0 Å². The Hall–Kier alpha value is -2.63. The van der Waals surface area contributed by atoms with Gasteiger partial charge in [0.15, 0.2) is 6.10 Å². The molecule has 0 heterocycles. The van der Waals surface area contributed by atoms with E-state index in [2.05, 4.69) is 69.4 Å². The molecular formula is C73H134O6. The topological polar surface area (TPSA) is 78.9 Å². The van der Waals surface area contributed by atoms with Crippen LogP contribution in [0.1, 0.15) is 380 Å². The first-order valence-electron chi connectivity index (χ1n) is 35.1. The van der Waals surface area contributed by atoms with Crippen LogP contribution in [-0.4, -0.2) is 37.2 Å². The van der Waals surface area contributed by atoms with E-state index in [0.717, 1.165) is 77.0 Å². The number of unbranched alkanes of at least 4 members (excludes halogenated alkanes) is 46. The lowest BCUT2D eigenvalue weighted by atomic mass is 10.0. The molecule has 0 fully saturated rings. The third kappa shape index (κ3) is 66.1. The van der Waals surface area contributed by atoms with Crippen LogP contribution in [0.15, 0.2) is 48.6 Å². The number of carbonyl (C=O) groups is 3. The van der Waals surface area contributed by atoms with Gasteiger partial charge >= 0.3 is 17.9 Å². The van der Waals surface area contributed by atoms with Gasteiger partial charge in [-0.1, -0.05) is 326 Å². The Morgan fingerprint density at radius 1 is 0.253 bits per heavy atom. The molecule has 0 amide bonds. The van der Waals surface area contributed by atoms with Gasteiger partial charge < -0.3 is 14.2 Å². The summed E-state index contributed by atoms with van der Waals surface area (Å²) in [6.07, 6.45) is 86.0. The van der Waals surface area contributed by atoms with E-state index in [9.17, 15) is 14.4 Å². The maximum Gasteiger partial charge on any atom is 0.306 e. The van der Waals surface area contributed by atoms with Crippen molar-refractivity contribution in [3.8, 4) is 0 Å². The minimum atomic E-state index is -0.773. The molecule has 79 heavy (non-hydrogen) atoms. The van der Waals surface area contributed by atoms with Crippen molar-refractivity contribution in [3.63, 3.8) is 0 Å². The zero-order chi connectivity index (χ0) is 57.1. The van der Waals surface area contributed by atoms with Crippen molar-refractivity contribution in [2.45, 2.75) is 386 Å². The molecular weight excluding hydrogens is 973 g/mol. The van der Waals surface area contributed by atoms with Crippen LogP contribution in [-0.2, 0) is 28.6 Å². The highest BCUT2D eigenvalue weighted by molar-refractivity contribution is 5.71. The lowest BCUT2D eigenvalue weighted by Gasteiger charge is -2.18. The Balaban J connectivity index is 4.00. The molecule has 1 atom stereocenters. The SMILES string of the molecule is CCCCC/C=C\C/C=C\CCCCCCCCCC(=O)OC(COC(=O)CCCCCCCCCCC)COC(=O)CCCCCCCCCCCCCCCCCCCCCCCCC/C=C\C/C=C\CCCCCCC. The third-order valence-corrected chi connectivity index (χ3v) is 15.8. The summed E-state index contributed by atoms with van der Waals surface area (Å²) >= 11 is 0. The summed E-state index contributed by atoms with van der Waals surface area (Å²) < 4.78 is 16.9. The molecule has 0 aromatic heterocycles. The van der Waals surface area contributed by atoms with Gasteiger partial charge in [0, 0.05) is 19.3 Å². The van der Waals surface area contributed by atoms with Crippen LogP contribution < -0.4 is 0 Å². The molecule has 0 rings (SSSR count). The minimum Gasteiger partial charge on any atom is -0.462 e. The number of hydrogen-bond acceptors (Lipinski definition) is 6. The monoisotopic (exact) mass is 1110 g/mol. The highest BCUT2D eigenvalue weighted by Crippen LogP contribution is 2.18. The zero-order valence-corrected chi connectivity index (χ0v) is 53.2. The Morgan fingerprint density at radius 2 is 0.456 bits per heavy atom. The number of rotatable bonds is 65. The zero-order valence-electron chi connectivity index (χ0n) is 53.2. The fourth-order valence-corrected chi connectivity index (χ4v) is 10.5. The molecule has 0 saturated carbocycles. The van der Waals surface area contributed by atoms with Gasteiger partial charge in [0.25, 0.3) is 0 Å². The normalized spacial score (nSPS) is 12.3. The van der Waals surface area contributed by atoms with Crippen molar-refractivity contribution in [2.75, 3.05) is 13.2 Å². The average Bonchev–Trinajstić information content (AvgIpc) is 3.45. The third-order valence-electron chi connectivity index (χ3n) is 15.8. The molecule has 6 nitrogen and oxygen atoms in total. The number of carbonyl (C=O) groups excluding carboxylic acids is 3. The van der Waals surface area contributed by atoms with E-state index in [1.54, 1.807) is 0 Å². The molecule has 0 bridgehead atoms. The van der Waals surface area contributed by atoms with Crippen LogP contribution in [0.2, 0.25) is 0 Å². The number of esters is 3. The second-order valence-corrected chi connectivity index (χ2v) is 23.8. The molecule has 0 saturated heterocycles. The van der Waals surface area contributed by atoms with Crippen LogP contribution in [0.25, 0.3) is 0 Å². The Labute approximate surface area is 492 Å². The van der Waals surface area contributed by atoms with E-state index in [1.165, 1.54) is 263 Å². The highest BCUT2D eigenvalue weighted by Gasteiger charge is 2.19. The van der Waals surface area contributed by atoms with Gasteiger partial charge in [0.1, 0.15) is 13.2 Å². The molecule has 462 valence electrons. The summed E-state index contributed by atoms with van der Waals surface area (Å²) in [5, 5.41) is 0. The molecule has 0 aliphatic carbocycles. The molecule has 1 unspecified atom stereocenters. The second-order valence-electron chi connectivity index (χ2n) is 23.8. The van der Waals surface area contributed by atoms with Crippen LogP contribution >= 0.6 is 0 Å². The van der Waals surface area contributed by atoms with Gasteiger partial charge in [0.05, 0.1) is 0 Å². The van der Waals surface area contributed by atoms with E-state index >= 15 is 0 Å². The van der Waals surface area contributed by atoms with E-state index in [4.69, 9.17) is 14.2 Å². The Kier molecular flexibility index (Phi) is 65.6. The lowest BCUT2D eigenvalue weighted by Crippen LogP contribution is -2.30. The lowest BCUT2D eigenvalue weighted by molar-refractivity contribution is -0.167. The van der Waals surface area contributed by atoms with Crippen molar-refractivity contribution in [3.05, 3.63) is 48.6 Å². The first-order valence-corrected chi connectivity index (χ1v) is 35.1. The smallest absolute Gasteiger partial charge is 0.306 e. The summed E-state index contributed by atoms with van der Waals surface area (Å²) in [7, 11) is 0. The summed E-state index contributed by atoms with van der Waals surface area (Å²) in [4.78, 5) is 38.2. The van der Waals surface area contributed by atoms with E-state index in [0.29, 0.717) is 19.3 Å².